The number of aromatic nitrogens is 2. The fourth-order valence-corrected chi connectivity index (χ4v) is 4.46. The van der Waals surface area contributed by atoms with Crippen LogP contribution in [0, 0.1) is 5.82 Å². The van der Waals surface area contributed by atoms with Crippen LogP contribution in [-0.4, -0.2) is 30.4 Å². The lowest BCUT2D eigenvalue weighted by Crippen LogP contribution is -2.28. The third-order valence-corrected chi connectivity index (χ3v) is 6.58. The molecular formula is C25H23FN4O3S. The van der Waals surface area contributed by atoms with Crippen molar-refractivity contribution in [3.05, 3.63) is 103 Å². The lowest BCUT2D eigenvalue weighted by Gasteiger charge is -2.12. The second kappa shape index (κ2) is 10.4. The largest absolute Gasteiger partial charge is 0.312 e. The van der Waals surface area contributed by atoms with Gasteiger partial charge in [-0.2, -0.15) is 0 Å². The monoisotopic (exact) mass is 478 g/mol. The highest BCUT2D eigenvalue weighted by Crippen LogP contribution is 2.28. The van der Waals surface area contributed by atoms with Crippen LogP contribution in [0.5, 0.6) is 0 Å². The average Bonchev–Trinajstić information content (AvgIpc) is 3.22. The molecule has 0 radical (unpaired) electrons. The van der Waals surface area contributed by atoms with Gasteiger partial charge < -0.3 is 9.88 Å². The molecule has 34 heavy (non-hydrogen) atoms. The smallest absolute Gasteiger partial charge is 0.240 e. The van der Waals surface area contributed by atoms with Crippen LogP contribution in [0.2, 0.25) is 0 Å². The van der Waals surface area contributed by atoms with E-state index in [9.17, 15) is 17.6 Å². The van der Waals surface area contributed by atoms with E-state index in [1.807, 2.05) is 30.3 Å². The van der Waals surface area contributed by atoms with E-state index >= 15 is 0 Å². The van der Waals surface area contributed by atoms with E-state index in [0.29, 0.717) is 23.6 Å². The molecule has 2 N–H and O–H groups in total. The summed E-state index contributed by atoms with van der Waals surface area (Å²) in [6, 6.07) is 23.5. The fourth-order valence-electron chi connectivity index (χ4n) is 3.41. The molecule has 3 aromatic carbocycles. The molecule has 0 spiro atoms. The number of amides is 1. The number of rotatable bonds is 9. The number of nitrogens with zero attached hydrogens (tertiary/aromatic N) is 2. The third kappa shape index (κ3) is 5.75. The molecule has 0 aliphatic rings. The quantitative estimate of drug-likeness (QED) is 0.380. The van der Waals surface area contributed by atoms with Gasteiger partial charge in [0.15, 0.2) is 0 Å². The molecule has 0 aliphatic heterocycles. The topological polar surface area (TPSA) is 93.1 Å². The van der Waals surface area contributed by atoms with Crippen molar-refractivity contribution in [1.82, 2.24) is 14.3 Å². The molecule has 0 aliphatic carbocycles. The highest BCUT2D eigenvalue weighted by atomic mass is 32.2. The van der Waals surface area contributed by atoms with E-state index in [4.69, 9.17) is 0 Å². The zero-order chi connectivity index (χ0) is 24.0. The summed E-state index contributed by atoms with van der Waals surface area (Å²) in [6.07, 6.45) is 1.53. The van der Waals surface area contributed by atoms with E-state index in [1.165, 1.54) is 24.3 Å². The summed E-state index contributed by atoms with van der Waals surface area (Å²) in [7, 11) is -3.71. The Bertz CT molecular complexity index is 1360. The SMILES string of the molecule is O=C(CCNS(=O)(=O)c1ccccc1)Nc1c(-c2ccc(F)cc2)ncn1Cc1ccccc1. The van der Waals surface area contributed by atoms with Gasteiger partial charge in [0.2, 0.25) is 15.9 Å². The molecule has 0 bridgehead atoms. The van der Waals surface area contributed by atoms with Gasteiger partial charge in [0.05, 0.1) is 17.8 Å². The Balaban J connectivity index is 1.50. The van der Waals surface area contributed by atoms with Gasteiger partial charge in [-0.15, -0.1) is 0 Å². The summed E-state index contributed by atoms with van der Waals surface area (Å²) in [5.41, 5.74) is 2.15. The summed E-state index contributed by atoms with van der Waals surface area (Å²) >= 11 is 0. The van der Waals surface area contributed by atoms with E-state index in [1.54, 1.807) is 41.2 Å². The van der Waals surface area contributed by atoms with Gasteiger partial charge in [-0.3, -0.25) is 4.79 Å². The van der Waals surface area contributed by atoms with Gasteiger partial charge in [0, 0.05) is 18.5 Å². The molecule has 1 amide bonds. The third-order valence-electron chi connectivity index (χ3n) is 5.11. The van der Waals surface area contributed by atoms with Crippen molar-refractivity contribution < 1.29 is 17.6 Å². The van der Waals surface area contributed by atoms with Crippen molar-refractivity contribution in [2.45, 2.75) is 17.9 Å². The van der Waals surface area contributed by atoms with Crippen molar-refractivity contribution >= 4 is 21.7 Å². The van der Waals surface area contributed by atoms with Gasteiger partial charge in [0.1, 0.15) is 17.3 Å². The Morgan fingerprint density at radius 3 is 2.24 bits per heavy atom. The van der Waals surface area contributed by atoms with Crippen LogP contribution >= 0.6 is 0 Å². The Morgan fingerprint density at radius 2 is 1.56 bits per heavy atom. The molecule has 9 heteroatoms. The van der Waals surface area contributed by atoms with Crippen LogP contribution in [0.25, 0.3) is 11.3 Å². The van der Waals surface area contributed by atoms with Crippen LogP contribution in [-0.2, 0) is 21.4 Å². The first-order valence-electron chi connectivity index (χ1n) is 10.6. The number of carbonyl (C=O) groups is 1. The number of halogens is 1. The summed E-state index contributed by atoms with van der Waals surface area (Å²) in [5, 5.41) is 2.85. The highest BCUT2D eigenvalue weighted by Gasteiger charge is 2.18. The number of hydrogen-bond donors (Lipinski definition) is 2. The van der Waals surface area contributed by atoms with Gasteiger partial charge in [-0.1, -0.05) is 48.5 Å². The van der Waals surface area contributed by atoms with Crippen LogP contribution in [0.4, 0.5) is 10.2 Å². The second-order valence-corrected chi connectivity index (χ2v) is 9.34. The molecule has 174 valence electrons. The predicted molar refractivity (Wildman–Crippen MR) is 128 cm³/mol. The number of carbonyl (C=O) groups excluding carboxylic acids is 1. The molecule has 0 atom stereocenters. The van der Waals surface area contributed by atoms with E-state index in [0.717, 1.165) is 5.56 Å². The van der Waals surface area contributed by atoms with Crippen LogP contribution in [0.3, 0.4) is 0 Å². The first kappa shape index (κ1) is 23.3. The normalized spacial score (nSPS) is 11.3. The summed E-state index contributed by atoms with van der Waals surface area (Å²) in [4.78, 5) is 17.3. The standard InChI is InChI=1S/C25H23FN4O3S/c26-21-13-11-20(12-14-21)24-25(30(18-27-24)17-19-7-3-1-4-8-19)29-23(31)15-16-28-34(32,33)22-9-5-2-6-10-22/h1-14,18,28H,15-17H2,(H,29,31). The molecule has 7 nitrogen and oxygen atoms in total. The Morgan fingerprint density at radius 1 is 0.912 bits per heavy atom. The van der Waals surface area contributed by atoms with Gasteiger partial charge in [-0.25, -0.2) is 22.5 Å². The Hall–Kier alpha value is -3.82. The van der Waals surface area contributed by atoms with Crippen molar-refractivity contribution in [3.63, 3.8) is 0 Å². The minimum atomic E-state index is -3.71. The molecule has 0 fully saturated rings. The minimum Gasteiger partial charge on any atom is -0.312 e. The van der Waals surface area contributed by atoms with E-state index in [2.05, 4.69) is 15.0 Å². The molecule has 0 unspecified atom stereocenters. The average molecular weight is 479 g/mol. The number of benzene rings is 3. The van der Waals surface area contributed by atoms with Gasteiger partial charge in [-0.05, 0) is 42.0 Å². The molecule has 4 rings (SSSR count). The molecule has 0 saturated carbocycles. The molecule has 1 aromatic heterocycles. The first-order chi connectivity index (χ1) is 16.4. The summed E-state index contributed by atoms with van der Waals surface area (Å²) in [5.74, 6) is -0.302. The first-order valence-corrected chi connectivity index (χ1v) is 12.1. The number of anilines is 1. The molecule has 0 saturated heterocycles. The van der Waals surface area contributed by atoms with Crippen molar-refractivity contribution in [2.75, 3.05) is 11.9 Å². The molecular weight excluding hydrogens is 455 g/mol. The zero-order valence-electron chi connectivity index (χ0n) is 18.2. The second-order valence-electron chi connectivity index (χ2n) is 7.57. The predicted octanol–water partition coefficient (Wildman–Crippen LogP) is 4.04. The van der Waals surface area contributed by atoms with Crippen LogP contribution in [0.15, 0.2) is 96.2 Å². The summed E-state index contributed by atoms with van der Waals surface area (Å²) < 4.78 is 42.4. The van der Waals surface area contributed by atoms with Crippen LogP contribution < -0.4 is 10.0 Å². The number of imidazole rings is 1. The number of nitrogens with one attached hydrogen (secondary N) is 2. The van der Waals surface area contributed by atoms with Crippen molar-refractivity contribution in [3.8, 4) is 11.3 Å². The van der Waals surface area contributed by atoms with E-state index < -0.39 is 10.0 Å². The number of sulfonamides is 1. The van der Waals surface area contributed by atoms with Gasteiger partial charge in [0.25, 0.3) is 0 Å². The Kier molecular flexibility index (Phi) is 7.15. The maximum atomic E-state index is 13.4. The zero-order valence-corrected chi connectivity index (χ0v) is 19.0. The maximum absolute atomic E-state index is 13.4. The highest BCUT2D eigenvalue weighted by molar-refractivity contribution is 7.89. The van der Waals surface area contributed by atoms with Crippen LogP contribution in [0.1, 0.15) is 12.0 Å². The lowest BCUT2D eigenvalue weighted by atomic mass is 10.1. The summed E-state index contributed by atoms with van der Waals surface area (Å²) in [6.45, 7) is 0.396. The van der Waals surface area contributed by atoms with E-state index in [-0.39, 0.29) is 29.6 Å². The Labute approximate surface area is 197 Å². The van der Waals surface area contributed by atoms with Crippen molar-refractivity contribution in [2.24, 2.45) is 0 Å². The van der Waals surface area contributed by atoms with Gasteiger partial charge >= 0.3 is 0 Å². The maximum Gasteiger partial charge on any atom is 0.240 e. The lowest BCUT2D eigenvalue weighted by molar-refractivity contribution is -0.116. The van der Waals surface area contributed by atoms with Crippen molar-refractivity contribution in [1.29, 1.82) is 0 Å². The molecule has 4 aromatic rings. The number of hydrogen-bond acceptors (Lipinski definition) is 4. The fraction of sp³-hybridized carbons (Fsp3) is 0.120. The molecule has 1 heterocycles. The minimum absolute atomic E-state index is 0.0677.